The Morgan fingerprint density at radius 1 is 1.32 bits per heavy atom. The van der Waals surface area contributed by atoms with Crippen molar-refractivity contribution in [3.63, 3.8) is 0 Å². The summed E-state index contributed by atoms with van der Waals surface area (Å²) in [5.74, 6) is 0.724. The Kier molecular flexibility index (Phi) is 6.25. The van der Waals surface area contributed by atoms with Crippen LogP contribution in [0.3, 0.4) is 0 Å². The zero-order valence-electron chi connectivity index (χ0n) is 14.2. The molecule has 1 fully saturated rings. The number of fused-ring (bicyclic) bond motifs is 1. The highest BCUT2D eigenvalue weighted by molar-refractivity contribution is 8.77. The number of hydrazine groups is 1. The van der Waals surface area contributed by atoms with E-state index in [1.807, 2.05) is 39.8 Å². The number of nitrogens with one attached hydrogen (secondary N) is 2. The van der Waals surface area contributed by atoms with E-state index in [-0.39, 0.29) is 11.8 Å². The topological polar surface area (TPSA) is 75.5 Å². The molecule has 2 aromatic heterocycles. The first-order valence-electron chi connectivity index (χ1n) is 8.46. The third-order valence-electron chi connectivity index (χ3n) is 4.14. The molecule has 3 rings (SSSR count). The summed E-state index contributed by atoms with van der Waals surface area (Å²) in [6, 6.07) is 5.54. The number of aryl methyl sites for hydroxylation is 1. The van der Waals surface area contributed by atoms with Gasteiger partial charge in [0, 0.05) is 23.6 Å². The standard InChI is InChI=1S/C17H22N4O2S2/c1-12-16(21-10-5-4-7-14(21)18-12)17(23)20-19-15(22)8-3-2-6-13-9-11-24-25-13/h4-5,7,10,13H,2-3,6,8-9,11H2,1H3,(H,19,22)(H,20,23). The Bertz CT molecular complexity index is 756. The first-order chi connectivity index (χ1) is 12.1. The van der Waals surface area contributed by atoms with E-state index in [4.69, 9.17) is 0 Å². The van der Waals surface area contributed by atoms with Gasteiger partial charge in [0.1, 0.15) is 11.3 Å². The van der Waals surface area contributed by atoms with E-state index in [2.05, 4.69) is 15.8 Å². The number of hydrogen-bond donors (Lipinski definition) is 2. The number of rotatable bonds is 6. The fraction of sp³-hybridized carbons (Fsp3) is 0.471. The van der Waals surface area contributed by atoms with E-state index in [0.29, 0.717) is 23.5 Å². The molecule has 2 amide bonds. The SMILES string of the molecule is Cc1nc2ccccn2c1C(=O)NNC(=O)CCCCC1CCSS1. The van der Waals surface area contributed by atoms with Crippen molar-refractivity contribution in [1.29, 1.82) is 0 Å². The highest BCUT2D eigenvalue weighted by atomic mass is 33.1. The Balaban J connectivity index is 1.43. The van der Waals surface area contributed by atoms with Gasteiger partial charge >= 0.3 is 0 Å². The Morgan fingerprint density at radius 2 is 2.20 bits per heavy atom. The highest BCUT2D eigenvalue weighted by Crippen LogP contribution is 2.39. The smallest absolute Gasteiger partial charge is 0.288 e. The number of carbonyl (C=O) groups is 2. The third-order valence-corrected chi connectivity index (χ3v) is 7.15. The van der Waals surface area contributed by atoms with Crippen LogP contribution in [0.4, 0.5) is 0 Å². The minimum Gasteiger partial charge on any atom is -0.295 e. The van der Waals surface area contributed by atoms with Gasteiger partial charge in [-0.3, -0.25) is 24.8 Å². The molecule has 0 aliphatic carbocycles. The van der Waals surface area contributed by atoms with Gasteiger partial charge in [-0.25, -0.2) is 4.98 Å². The largest absolute Gasteiger partial charge is 0.295 e. The molecule has 2 N–H and O–H groups in total. The second-order valence-electron chi connectivity index (χ2n) is 6.05. The maximum Gasteiger partial charge on any atom is 0.288 e. The molecule has 0 aromatic carbocycles. The van der Waals surface area contributed by atoms with Crippen molar-refractivity contribution < 1.29 is 9.59 Å². The van der Waals surface area contributed by atoms with Gasteiger partial charge in [0.25, 0.3) is 5.91 Å². The number of amides is 2. The van der Waals surface area contributed by atoms with Crippen LogP contribution in [0.5, 0.6) is 0 Å². The molecule has 134 valence electrons. The van der Waals surface area contributed by atoms with Gasteiger partial charge in [-0.15, -0.1) is 0 Å². The number of pyridine rings is 1. The van der Waals surface area contributed by atoms with Gasteiger partial charge in [-0.2, -0.15) is 0 Å². The molecule has 1 unspecified atom stereocenters. The number of imidazole rings is 1. The highest BCUT2D eigenvalue weighted by Gasteiger charge is 2.17. The second-order valence-corrected chi connectivity index (χ2v) is 8.84. The summed E-state index contributed by atoms with van der Waals surface area (Å²) in [5.41, 5.74) is 6.77. The van der Waals surface area contributed by atoms with Crippen LogP contribution in [0, 0.1) is 6.92 Å². The molecule has 25 heavy (non-hydrogen) atoms. The van der Waals surface area contributed by atoms with Crippen molar-refractivity contribution >= 4 is 39.0 Å². The summed E-state index contributed by atoms with van der Waals surface area (Å²) < 4.78 is 1.72. The monoisotopic (exact) mass is 378 g/mol. The molecule has 3 heterocycles. The zero-order valence-corrected chi connectivity index (χ0v) is 15.8. The van der Waals surface area contributed by atoms with E-state index in [1.165, 1.54) is 12.2 Å². The molecule has 0 spiro atoms. The fourth-order valence-corrected chi connectivity index (χ4v) is 5.88. The Morgan fingerprint density at radius 3 is 3.00 bits per heavy atom. The summed E-state index contributed by atoms with van der Waals surface area (Å²) in [4.78, 5) is 28.6. The van der Waals surface area contributed by atoms with E-state index >= 15 is 0 Å². The maximum atomic E-state index is 12.4. The minimum absolute atomic E-state index is 0.159. The zero-order chi connectivity index (χ0) is 17.6. The van der Waals surface area contributed by atoms with Crippen LogP contribution in [0.15, 0.2) is 24.4 Å². The lowest BCUT2D eigenvalue weighted by Gasteiger charge is -2.09. The van der Waals surface area contributed by atoms with Gasteiger partial charge < -0.3 is 0 Å². The van der Waals surface area contributed by atoms with Crippen molar-refractivity contribution in [3.05, 3.63) is 35.8 Å². The summed E-state index contributed by atoms with van der Waals surface area (Å²) in [6.07, 6.45) is 6.54. The number of carbonyl (C=O) groups excluding carboxylic acids is 2. The minimum atomic E-state index is -0.357. The Hall–Kier alpha value is -1.67. The van der Waals surface area contributed by atoms with Crippen LogP contribution in [0.25, 0.3) is 5.65 Å². The van der Waals surface area contributed by atoms with Crippen molar-refractivity contribution in [2.24, 2.45) is 0 Å². The van der Waals surface area contributed by atoms with Crippen molar-refractivity contribution in [2.45, 2.75) is 44.3 Å². The lowest BCUT2D eigenvalue weighted by atomic mass is 10.1. The van der Waals surface area contributed by atoms with Crippen LogP contribution in [0.1, 0.15) is 48.3 Å². The first kappa shape index (κ1) is 18.1. The van der Waals surface area contributed by atoms with E-state index < -0.39 is 0 Å². The third kappa shape index (κ3) is 4.70. The van der Waals surface area contributed by atoms with Crippen LogP contribution in [-0.4, -0.2) is 32.2 Å². The maximum absolute atomic E-state index is 12.4. The average molecular weight is 379 g/mol. The van der Waals surface area contributed by atoms with E-state index in [9.17, 15) is 9.59 Å². The molecule has 0 bridgehead atoms. The first-order valence-corrected chi connectivity index (χ1v) is 10.8. The average Bonchev–Trinajstić information content (AvgIpc) is 3.23. The molecular formula is C17H22N4O2S2. The van der Waals surface area contributed by atoms with Gasteiger partial charge in [0.15, 0.2) is 0 Å². The van der Waals surface area contributed by atoms with Crippen molar-refractivity contribution in [3.8, 4) is 0 Å². The number of hydrogen-bond acceptors (Lipinski definition) is 5. The molecule has 0 radical (unpaired) electrons. The van der Waals surface area contributed by atoms with Crippen LogP contribution >= 0.6 is 21.6 Å². The van der Waals surface area contributed by atoms with Crippen LogP contribution in [0.2, 0.25) is 0 Å². The number of aromatic nitrogens is 2. The van der Waals surface area contributed by atoms with Crippen LogP contribution in [-0.2, 0) is 4.79 Å². The predicted molar refractivity (Wildman–Crippen MR) is 102 cm³/mol. The number of unbranched alkanes of at least 4 members (excludes halogenated alkanes) is 1. The molecule has 0 saturated carbocycles. The fourth-order valence-electron chi connectivity index (χ4n) is 2.86. The van der Waals surface area contributed by atoms with Crippen molar-refractivity contribution in [2.75, 3.05) is 5.75 Å². The quantitative estimate of drug-likeness (QED) is 0.459. The molecule has 6 nitrogen and oxygen atoms in total. The molecule has 1 aliphatic heterocycles. The van der Waals surface area contributed by atoms with Gasteiger partial charge in [0.2, 0.25) is 5.91 Å². The van der Waals surface area contributed by atoms with Gasteiger partial charge in [-0.05, 0) is 38.3 Å². The molecular weight excluding hydrogens is 356 g/mol. The van der Waals surface area contributed by atoms with Crippen molar-refractivity contribution in [1.82, 2.24) is 20.2 Å². The molecule has 2 aromatic rings. The predicted octanol–water partition coefficient (Wildman–Crippen LogP) is 3.12. The second kappa shape index (κ2) is 8.62. The lowest BCUT2D eigenvalue weighted by molar-refractivity contribution is -0.122. The Labute approximate surface area is 154 Å². The normalized spacial score (nSPS) is 16.9. The summed E-state index contributed by atoms with van der Waals surface area (Å²) >= 11 is 0. The molecule has 1 saturated heterocycles. The summed E-state index contributed by atoms with van der Waals surface area (Å²) in [7, 11) is 3.91. The van der Waals surface area contributed by atoms with Gasteiger partial charge in [-0.1, -0.05) is 34.1 Å². The van der Waals surface area contributed by atoms with Crippen LogP contribution < -0.4 is 10.9 Å². The molecule has 1 atom stereocenters. The van der Waals surface area contributed by atoms with E-state index in [1.54, 1.807) is 17.5 Å². The number of nitrogens with zero attached hydrogens (tertiary/aromatic N) is 2. The lowest BCUT2D eigenvalue weighted by Crippen LogP contribution is -2.42. The summed E-state index contributed by atoms with van der Waals surface area (Å²) in [5, 5.41) is 0.742. The van der Waals surface area contributed by atoms with E-state index in [0.717, 1.165) is 24.5 Å². The summed E-state index contributed by atoms with van der Waals surface area (Å²) in [6.45, 7) is 1.78. The molecule has 1 aliphatic rings. The van der Waals surface area contributed by atoms with Gasteiger partial charge in [0.05, 0.1) is 5.69 Å². The molecule has 8 heteroatoms.